The van der Waals surface area contributed by atoms with Crippen LogP contribution in [0.5, 0.6) is 0 Å². The smallest absolute Gasteiger partial charge is 0.337 e. The molecule has 132 valence electrons. The van der Waals surface area contributed by atoms with E-state index >= 15 is 0 Å². The highest BCUT2D eigenvalue weighted by Gasteiger charge is 2.33. The van der Waals surface area contributed by atoms with Gasteiger partial charge >= 0.3 is 5.97 Å². The van der Waals surface area contributed by atoms with Crippen LogP contribution in [0.2, 0.25) is 0 Å². The van der Waals surface area contributed by atoms with Crippen LogP contribution in [0.25, 0.3) is 0 Å². The third-order valence-corrected chi connectivity index (χ3v) is 6.95. The van der Waals surface area contributed by atoms with E-state index in [1.165, 1.54) is 36.4 Å². The zero-order chi connectivity index (χ0) is 17.2. The summed E-state index contributed by atoms with van der Waals surface area (Å²) in [5, 5.41) is 3.52. The summed E-state index contributed by atoms with van der Waals surface area (Å²) >= 11 is 0. The Bertz CT molecular complexity index is 690. The molecule has 0 aromatic heterocycles. The lowest BCUT2D eigenvalue weighted by Gasteiger charge is -2.34. The summed E-state index contributed by atoms with van der Waals surface area (Å²) in [4.78, 5) is 11.8. The van der Waals surface area contributed by atoms with E-state index in [4.69, 9.17) is 0 Å². The number of sulfonamides is 1. The molecule has 0 saturated carbocycles. The fraction of sp³-hybridized carbons (Fsp3) is 0.588. The topological polar surface area (TPSA) is 75.7 Å². The van der Waals surface area contributed by atoms with Crippen LogP contribution >= 0.6 is 0 Å². The summed E-state index contributed by atoms with van der Waals surface area (Å²) < 4.78 is 31.9. The van der Waals surface area contributed by atoms with Gasteiger partial charge in [0.25, 0.3) is 0 Å². The summed E-state index contributed by atoms with van der Waals surface area (Å²) in [7, 11) is -2.28. The number of piperidine rings is 1. The molecule has 0 bridgehead atoms. The van der Waals surface area contributed by atoms with Crippen molar-refractivity contribution in [1.29, 1.82) is 0 Å². The standard InChI is InChI=1S/C17H24N2O4S/c1-23-17(20)14-4-2-5-15(12-14)24(21,22)19-10-7-13(8-11-19)16-6-3-9-18-16/h2,4-5,12-13,16,18H,3,6-11H2,1H3. The number of esters is 1. The van der Waals surface area contributed by atoms with E-state index in [0.717, 1.165) is 19.4 Å². The van der Waals surface area contributed by atoms with Crippen LogP contribution in [0.3, 0.4) is 0 Å². The Labute approximate surface area is 143 Å². The molecular formula is C17H24N2O4S. The highest BCUT2D eigenvalue weighted by atomic mass is 32.2. The Morgan fingerprint density at radius 1 is 1.25 bits per heavy atom. The number of rotatable bonds is 4. The molecule has 0 radical (unpaired) electrons. The largest absolute Gasteiger partial charge is 0.465 e. The molecule has 1 aromatic carbocycles. The molecular weight excluding hydrogens is 328 g/mol. The summed E-state index contributed by atoms with van der Waals surface area (Å²) in [5.41, 5.74) is 0.253. The molecule has 2 fully saturated rings. The summed E-state index contributed by atoms with van der Waals surface area (Å²) in [5.74, 6) is 0.0263. The molecule has 1 atom stereocenters. The van der Waals surface area contributed by atoms with E-state index in [1.807, 2.05) is 0 Å². The zero-order valence-electron chi connectivity index (χ0n) is 13.9. The van der Waals surface area contributed by atoms with Crippen LogP contribution in [0.4, 0.5) is 0 Å². The highest BCUT2D eigenvalue weighted by Crippen LogP contribution is 2.29. The Morgan fingerprint density at radius 2 is 2.00 bits per heavy atom. The third kappa shape index (κ3) is 3.48. The van der Waals surface area contributed by atoms with Gasteiger partial charge < -0.3 is 10.1 Å². The van der Waals surface area contributed by atoms with Gasteiger partial charge in [-0.3, -0.25) is 0 Å². The van der Waals surface area contributed by atoms with E-state index < -0.39 is 16.0 Å². The van der Waals surface area contributed by atoms with Crippen LogP contribution in [-0.2, 0) is 14.8 Å². The SMILES string of the molecule is COC(=O)c1cccc(S(=O)(=O)N2CCC(C3CCCN3)CC2)c1. The van der Waals surface area contributed by atoms with E-state index in [9.17, 15) is 13.2 Å². The zero-order valence-corrected chi connectivity index (χ0v) is 14.7. The van der Waals surface area contributed by atoms with Crippen molar-refractivity contribution in [2.45, 2.75) is 36.6 Å². The van der Waals surface area contributed by atoms with Crippen molar-refractivity contribution in [3.63, 3.8) is 0 Å². The van der Waals surface area contributed by atoms with Crippen molar-refractivity contribution < 1.29 is 17.9 Å². The van der Waals surface area contributed by atoms with Gasteiger partial charge in [0.1, 0.15) is 0 Å². The number of methoxy groups -OCH3 is 1. The van der Waals surface area contributed by atoms with E-state index in [1.54, 1.807) is 12.1 Å². The molecule has 1 aromatic rings. The van der Waals surface area contributed by atoms with Crippen LogP contribution < -0.4 is 5.32 Å². The predicted molar refractivity (Wildman–Crippen MR) is 90.3 cm³/mol. The van der Waals surface area contributed by atoms with Gasteiger partial charge in [0.05, 0.1) is 17.6 Å². The van der Waals surface area contributed by atoms with E-state index in [0.29, 0.717) is 25.0 Å². The maximum atomic E-state index is 12.8. The second-order valence-electron chi connectivity index (χ2n) is 6.46. The molecule has 2 heterocycles. The third-order valence-electron chi connectivity index (χ3n) is 5.06. The van der Waals surface area contributed by atoms with Gasteiger partial charge in [-0.05, 0) is 56.3 Å². The summed E-state index contributed by atoms with van der Waals surface area (Å²) in [6.45, 7) is 2.14. The van der Waals surface area contributed by atoms with Gasteiger partial charge in [-0.15, -0.1) is 0 Å². The van der Waals surface area contributed by atoms with Gasteiger partial charge in [0, 0.05) is 19.1 Å². The lowest BCUT2D eigenvalue weighted by atomic mass is 9.89. The quantitative estimate of drug-likeness (QED) is 0.834. The van der Waals surface area contributed by atoms with E-state index in [2.05, 4.69) is 10.1 Å². The molecule has 2 aliphatic heterocycles. The Kier molecular flexibility index (Phi) is 5.22. The van der Waals surface area contributed by atoms with Crippen molar-refractivity contribution in [2.75, 3.05) is 26.7 Å². The lowest BCUT2D eigenvalue weighted by Crippen LogP contribution is -2.43. The molecule has 2 aliphatic rings. The average molecular weight is 352 g/mol. The average Bonchev–Trinajstić information content (AvgIpc) is 3.16. The van der Waals surface area contributed by atoms with Crippen LogP contribution in [0, 0.1) is 5.92 Å². The highest BCUT2D eigenvalue weighted by molar-refractivity contribution is 7.89. The number of ether oxygens (including phenoxy) is 1. The maximum absolute atomic E-state index is 12.8. The first-order chi connectivity index (χ1) is 11.5. The second-order valence-corrected chi connectivity index (χ2v) is 8.40. The van der Waals surface area contributed by atoms with E-state index in [-0.39, 0.29) is 10.5 Å². The summed E-state index contributed by atoms with van der Waals surface area (Å²) in [6, 6.07) is 6.60. The Balaban J connectivity index is 1.71. The summed E-state index contributed by atoms with van der Waals surface area (Å²) in [6.07, 6.45) is 4.17. The monoisotopic (exact) mass is 352 g/mol. The second kappa shape index (κ2) is 7.21. The van der Waals surface area contributed by atoms with Crippen LogP contribution in [0.15, 0.2) is 29.2 Å². The van der Waals surface area contributed by atoms with Crippen molar-refractivity contribution in [2.24, 2.45) is 5.92 Å². The first-order valence-electron chi connectivity index (χ1n) is 8.44. The molecule has 24 heavy (non-hydrogen) atoms. The molecule has 1 unspecified atom stereocenters. The normalized spacial score (nSPS) is 23.3. The molecule has 6 nitrogen and oxygen atoms in total. The molecule has 7 heteroatoms. The molecule has 3 rings (SSSR count). The number of nitrogens with zero attached hydrogens (tertiary/aromatic N) is 1. The number of hydrogen-bond donors (Lipinski definition) is 1. The van der Waals surface area contributed by atoms with Gasteiger partial charge in [0.2, 0.25) is 10.0 Å². The lowest BCUT2D eigenvalue weighted by molar-refractivity contribution is 0.0600. The fourth-order valence-corrected chi connectivity index (χ4v) is 5.20. The van der Waals surface area contributed by atoms with Gasteiger partial charge in [-0.2, -0.15) is 4.31 Å². The molecule has 0 aliphatic carbocycles. The van der Waals surface area contributed by atoms with Crippen LogP contribution in [-0.4, -0.2) is 51.5 Å². The number of hydrogen-bond acceptors (Lipinski definition) is 5. The minimum absolute atomic E-state index is 0.155. The Morgan fingerprint density at radius 3 is 2.62 bits per heavy atom. The van der Waals surface area contributed by atoms with Gasteiger partial charge in [-0.1, -0.05) is 6.07 Å². The molecule has 0 amide bonds. The maximum Gasteiger partial charge on any atom is 0.337 e. The number of carbonyl (C=O) groups is 1. The van der Waals surface area contributed by atoms with Crippen molar-refractivity contribution in [3.05, 3.63) is 29.8 Å². The first-order valence-corrected chi connectivity index (χ1v) is 9.88. The van der Waals surface area contributed by atoms with Crippen LogP contribution in [0.1, 0.15) is 36.0 Å². The van der Waals surface area contributed by atoms with Gasteiger partial charge in [-0.25, -0.2) is 13.2 Å². The predicted octanol–water partition coefficient (Wildman–Crippen LogP) is 1.63. The minimum atomic E-state index is -3.57. The number of benzene rings is 1. The Hall–Kier alpha value is -1.44. The molecule has 1 N–H and O–H groups in total. The van der Waals surface area contributed by atoms with Crippen molar-refractivity contribution >= 4 is 16.0 Å². The fourth-order valence-electron chi connectivity index (χ4n) is 3.68. The van der Waals surface area contributed by atoms with Crippen molar-refractivity contribution in [3.8, 4) is 0 Å². The van der Waals surface area contributed by atoms with Gasteiger partial charge in [0.15, 0.2) is 0 Å². The first kappa shape index (κ1) is 17.4. The minimum Gasteiger partial charge on any atom is -0.465 e. The molecule has 0 spiro atoms. The molecule has 2 saturated heterocycles. The number of nitrogens with one attached hydrogen (secondary N) is 1. The van der Waals surface area contributed by atoms with Crippen molar-refractivity contribution in [1.82, 2.24) is 9.62 Å². The number of carbonyl (C=O) groups excluding carboxylic acids is 1.